The van der Waals surface area contributed by atoms with Gasteiger partial charge in [-0.1, -0.05) is 18.2 Å². The fraction of sp³-hybridized carbons (Fsp3) is 0.263. The van der Waals surface area contributed by atoms with Gasteiger partial charge in [0.2, 0.25) is 0 Å². The van der Waals surface area contributed by atoms with Crippen LogP contribution in [-0.4, -0.2) is 38.8 Å². The van der Waals surface area contributed by atoms with E-state index in [1.54, 1.807) is 24.8 Å². The Kier molecular flexibility index (Phi) is 3.91. The number of aromatic nitrogens is 3. The van der Waals surface area contributed by atoms with E-state index in [4.69, 9.17) is 0 Å². The van der Waals surface area contributed by atoms with Crippen molar-refractivity contribution in [3.8, 4) is 0 Å². The third-order valence-corrected chi connectivity index (χ3v) is 4.57. The number of hydrogen-bond acceptors (Lipinski definition) is 4. The summed E-state index contributed by atoms with van der Waals surface area (Å²) in [5, 5.41) is 0.992. The molecule has 0 aliphatic carbocycles. The van der Waals surface area contributed by atoms with E-state index >= 15 is 0 Å². The summed E-state index contributed by atoms with van der Waals surface area (Å²) in [5.41, 5.74) is 2.41. The quantitative estimate of drug-likeness (QED) is 0.728. The number of rotatable bonds is 2. The monoisotopic (exact) mass is 318 g/mol. The van der Waals surface area contributed by atoms with Crippen molar-refractivity contribution in [3.05, 3.63) is 66.4 Å². The first-order chi connectivity index (χ1) is 11.8. The van der Waals surface area contributed by atoms with Crippen molar-refractivity contribution in [3.63, 3.8) is 0 Å². The average molecular weight is 318 g/mol. The fourth-order valence-electron chi connectivity index (χ4n) is 3.37. The highest BCUT2D eigenvalue weighted by Crippen LogP contribution is 2.27. The molecule has 1 fully saturated rings. The SMILES string of the molecule is O=C(c1cccc2cccnc12)N1CCC[C@H](c2cnccn2)C1. The van der Waals surface area contributed by atoms with Crippen LogP contribution in [0.3, 0.4) is 0 Å². The van der Waals surface area contributed by atoms with Gasteiger partial charge in [-0.2, -0.15) is 0 Å². The van der Waals surface area contributed by atoms with E-state index in [9.17, 15) is 4.79 Å². The van der Waals surface area contributed by atoms with Gasteiger partial charge in [-0.15, -0.1) is 0 Å². The number of fused-ring (bicyclic) bond motifs is 1. The summed E-state index contributed by atoms with van der Waals surface area (Å²) >= 11 is 0. The molecule has 1 aliphatic rings. The number of amides is 1. The average Bonchev–Trinajstić information content (AvgIpc) is 2.68. The van der Waals surface area contributed by atoms with E-state index in [0.717, 1.165) is 36.0 Å². The van der Waals surface area contributed by atoms with Gasteiger partial charge in [0, 0.05) is 49.2 Å². The minimum atomic E-state index is 0.0490. The molecular formula is C19H18N4O. The molecule has 0 saturated carbocycles. The number of benzene rings is 1. The number of nitrogens with zero attached hydrogens (tertiary/aromatic N) is 4. The van der Waals surface area contributed by atoms with E-state index in [1.807, 2.05) is 35.2 Å². The standard InChI is InChI=1S/C19H18N4O/c24-19(16-7-1-4-14-5-2-8-22-18(14)16)23-11-3-6-15(13-23)17-12-20-9-10-21-17/h1-2,4-5,7-10,12,15H,3,6,11,13H2/t15-/m0/s1. The molecule has 24 heavy (non-hydrogen) atoms. The first-order valence-corrected chi connectivity index (χ1v) is 8.22. The second-order valence-electron chi connectivity index (χ2n) is 6.10. The summed E-state index contributed by atoms with van der Waals surface area (Å²) < 4.78 is 0. The Balaban J connectivity index is 1.62. The highest BCUT2D eigenvalue weighted by atomic mass is 16.2. The maximum Gasteiger partial charge on any atom is 0.256 e. The Morgan fingerprint density at radius 2 is 2.00 bits per heavy atom. The lowest BCUT2D eigenvalue weighted by molar-refractivity contribution is 0.0707. The van der Waals surface area contributed by atoms with Gasteiger partial charge in [-0.05, 0) is 25.0 Å². The van der Waals surface area contributed by atoms with Gasteiger partial charge in [-0.25, -0.2) is 0 Å². The number of hydrogen-bond donors (Lipinski definition) is 0. The Morgan fingerprint density at radius 3 is 2.88 bits per heavy atom. The largest absolute Gasteiger partial charge is 0.338 e. The van der Waals surface area contributed by atoms with Crippen molar-refractivity contribution in [2.75, 3.05) is 13.1 Å². The van der Waals surface area contributed by atoms with Crippen LogP contribution >= 0.6 is 0 Å². The number of pyridine rings is 1. The van der Waals surface area contributed by atoms with Crippen LogP contribution in [0.4, 0.5) is 0 Å². The predicted octanol–water partition coefficient (Wildman–Crippen LogP) is 3.04. The van der Waals surface area contributed by atoms with Crippen LogP contribution in [0.2, 0.25) is 0 Å². The maximum atomic E-state index is 13.0. The Hall–Kier alpha value is -2.82. The number of likely N-dealkylation sites (tertiary alicyclic amines) is 1. The molecule has 0 bridgehead atoms. The third-order valence-electron chi connectivity index (χ3n) is 4.57. The van der Waals surface area contributed by atoms with Crippen LogP contribution < -0.4 is 0 Å². The minimum absolute atomic E-state index is 0.0490. The van der Waals surface area contributed by atoms with Gasteiger partial charge in [-0.3, -0.25) is 19.7 Å². The molecule has 1 saturated heterocycles. The first-order valence-electron chi connectivity index (χ1n) is 8.22. The van der Waals surface area contributed by atoms with Crippen molar-refractivity contribution in [1.29, 1.82) is 0 Å². The summed E-state index contributed by atoms with van der Waals surface area (Å²) in [6.07, 6.45) is 8.94. The molecule has 5 heteroatoms. The van der Waals surface area contributed by atoms with Crippen molar-refractivity contribution < 1.29 is 4.79 Å². The van der Waals surface area contributed by atoms with Crippen molar-refractivity contribution in [2.45, 2.75) is 18.8 Å². The fourth-order valence-corrected chi connectivity index (χ4v) is 3.37. The van der Waals surface area contributed by atoms with Crippen LogP contribution in [0.25, 0.3) is 10.9 Å². The molecular weight excluding hydrogens is 300 g/mol. The van der Waals surface area contributed by atoms with E-state index in [1.165, 1.54) is 0 Å². The molecule has 1 amide bonds. The zero-order valence-electron chi connectivity index (χ0n) is 13.3. The molecule has 0 radical (unpaired) electrons. The van der Waals surface area contributed by atoms with Crippen molar-refractivity contribution >= 4 is 16.8 Å². The van der Waals surface area contributed by atoms with Gasteiger partial charge in [0.15, 0.2) is 0 Å². The van der Waals surface area contributed by atoms with Crippen molar-refractivity contribution in [1.82, 2.24) is 19.9 Å². The molecule has 1 atom stereocenters. The van der Waals surface area contributed by atoms with Crippen LogP contribution in [0.5, 0.6) is 0 Å². The molecule has 2 aromatic heterocycles. The first kappa shape index (κ1) is 14.8. The summed E-state index contributed by atoms with van der Waals surface area (Å²) in [6.45, 7) is 1.46. The number of carbonyl (C=O) groups is 1. The molecule has 0 spiro atoms. The summed E-state index contributed by atoms with van der Waals surface area (Å²) in [5.74, 6) is 0.298. The maximum absolute atomic E-state index is 13.0. The molecule has 120 valence electrons. The van der Waals surface area contributed by atoms with E-state index in [-0.39, 0.29) is 11.8 Å². The molecule has 5 nitrogen and oxygen atoms in total. The van der Waals surface area contributed by atoms with Gasteiger partial charge in [0.25, 0.3) is 5.91 Å². The Bertz CT molecular complexity index is 860. The number of carbonyl (C=O) groups excluding carboxylic acids is 1. The van der Waals surface area contributed by atoms with Gasteiger partial charge in [0.1, 0.15) is 0 Å². The third kappa shape index (κ3) is 2.73. The topological polar surface area (TPSA) is 59.0 Å². The molecule has 0 unspecified atom stereocenters. The van der Waals surface area contributed by atoms with E-state index < -0.39 is 0 Å². The number of piperidine rings is 1. The predicted molar refractivity (Wildman–Crippen MR) is 91.7 cm³/mol. The second kappa shape index (κ2) is 6.35. The van der Waals surface area contributed by atoms with Crippen LogP contribution in [-0.2, 0) is 0 Å². The summed E-state index contributed by atoms with van der Waals surface area (Å²) in [4.78, 5) is 27.9. The summed E-state index contributed by atoms with van der Waals surface area (Å²) in [6, 6.07) is 9.64. The lowest BCUT2D eigenvalue weighted by Crippen LogP contribution is -2.39. The normalized spacial score (nSPS) is 17.8. The Labute approximate surface area is 140 Å². The molecule has 1 aliphatic heterocycles. The zero-order valence-corrected chi connectivity index (χ0v) is 13.3. The van der Waals surface area contributed by atoms with E-state index in [0.29, 0.717) is 12.1 Å². The van der Waals surface area contributed by atoms with Gasteiger partial charge in [0.05, 0.1) is 16.8 Å². The van der Waals surface area contributed by atoms with Crippen LogP contribution in [0, 0.1) is 0 Å². The molecule has 0 N–H and O–H groups in total. The van der Waals surface area contributed by atoms with E-state index in [2.05, 4.69) is 15.0 Å². The molecule has 3 aromatic rings. The smallest absolute Gasteiger partial charge is 0.256 e. The summed E-state index contributed by atoms with van der Waals surface area (Å²) in [7, 11) is 0. The second-order valence-corrected chi connectivity index (χ2v) is 6.10. The van der Waals surface area contributed by atoms with Crippen LogP contribution in [0.15, 0.2) is 55.1 Å². The number of para-hydroxylation sites is 1. The van der Waals surface area contributed by atoms with Crippen LogP contribution in [0.1, 0.15) is 34.8 Å². The zero-order chi connectivity index (χ0) is 16.4. The van der Waals surface area contributed by atoms with Crippen molar-refractivity contribution in [2.24, 2.45) is 0 Å². The molecule has 1 aromatic carbocycles. The lowest BCUT2D eigenvalue weighted by atomic mass is 9.94. The molecule has 3 heterocycles. The molecule has 4 rings (SSSR count). The van der Waals surface area contributed by atoms with Gasteiger partial charge >= 0.3 is 0 Å². The minimum Gasteiger partial charge on any atom is -0.338 e. The lowest BCUT2D eigenvalue weighted by Gasteiger charge is -2.32. The van der Waals surface area contributed by atoms with Gasteiger partial charge < -0.3 is 4.90 Å². The highest BCUT2D eigenvalue weighted by Gasteiger charge is 2.27. The Morgan fingerprint density at radius 1 is 1.08 bits per heavy atom. The highest BCUT2D eigenvalue weighted by molar-refractivity contribution is 6.05.